The molecule has 3 saturated heterocycles. The van der Waals surface area contributed by atoms with Crippen molar-refractivity contribution < 1.29 is 48.2 Å². The number of ketones is 1. The van der Waals surface area contributed by atoms with E-state index < -0.39 is 89.4 Å². The van der Waals surface area contributed by atoms with Crippen molar-refractivity contribution >= 4 is 11.8 Å². The van der Waals surface area contributed by atoms with E-state index >= 15 is 0 Å². The summed E-state index contributed by atoms with van der Waals surface area (Å²) in [4.78, 5) is 28.3. The Labute approximate surface area is 287 Å². The molecule has 48 heavy (non-hydrogen) atoms. The summed E-state index contributed by atoms with van der Waals surface area (Å²) in [5.74, 6) is -1.90. The highest BCUT2D eigenvalue weighted by molar-refractivity contribution is 5.89. The molecule has 4 aliphatic rings. The summed E-state index contributed by atoms with van der Waals surface area (Å²) < 4.78 is 39.1. The lowest BCUT2D eigenvalue weighted by Crippen LogP contribution is -2.59. The number of fused-ring (bicyclic) bond motifs is 2. The third kappa shape index (κ3) is 7.53. The van der Waals surface area contributed by atoms with Crippen LogP contribution in [0.25, 0.3) is 0 Å². The first-order chi connectivity index (χ1) is 22.2. The number of allylic oxidation sites excluding steroid dienone is 1. The summed E-state index contributed by atoms with van der Waals surface area (Å²) in [5.41, 5.74) is -1.56. The van der Waals surface area contributed by atoms with Crippen LogP contribution in [-0.4, -0.2) is 96.0 Å². The lowest BCUT2D eigenvalue weighted by Gasteiger charge is -2.48. The maximum atomic E-state index is 14.2. The topological polar surface area (TPSA) is 142 Å². The van der Waals surface area contributed by atoms with Crippen LogP contribution in [-0.2, 0) is 38.0 Å². The van der Waals surface area contributed by atoms with Crippen LogP contribution in [0, 0.1) is 28.6 Å². The number of Topliss-reactive ketones (excluding diaryl/α,β-unsaturated/α-hetero) is 1. The van der Waals surface area contributed by atoms with Crippen LogP contribution < -0.4 is 5.32 Å². The SMILES string of the molecule is CC[C@H]1OC(=O)[C@H](C)[C@@H](O[C@H]2CC(C)(C)[C@@H](O)[C@H](C)O2)[C@H](C)[C@@H](O[C@@H]2O[C@H](C)C[C@H](NC)[C@H]2O)[C@@]2(C)CC(C)=C(O2)[C@H](C)C(=O)C1(C)C. The minimum atomic E-state index is -1.00. The highest BCUT2D eigenvalue weighted by atomic mass is 16.7. The average Bonchev–Trinajstić information content (AvgIpc) is 3.33. The lowest BCUT2D eigenvalue weighted by atomic mass is 9.75. The van der Waals surface area contributed by atoms with Gasteiger partial charge < -0.3 is 44.0 Å². The van der Waals surface area contributed by atoms with E-state index in [2.05, 4.69) is 5.32 Å². The summed E-state index contributed by atoms with van der Waals surface area (Å²) in [7, 11) is 1.80. The minimum Gasteiger partial charge on any atom is -0.488 e. The van der Waals surface area contributed by atoms with Crippen LogP contribution in [0.1, 0.15) is 109 Å². The minimum absolute atomic E-state index is 0.0759. The molecular weight excluding hydrogens is 618 g/mol. The van der Waals surface area contributed by atoms with E-state index in [0.29, 0.717) is 31.4 Å². The number of aliphatic hydroxyl groups excluding tert-OH is 2. The molecule has 0 aromatic heterocycles. The average molecular weight is 682 g/mol. The highest BCUT2D eigenvalue weighted by Crippen LogP contribution is 2.47. The number of cyclic esters (lactones) is 1. The molecule has 0 spiro atoms. The van der Waals surface area contributed by atoms with E-state index in [9.17, 15) is 19.8 Å². The Morgan fingerprint density at radius 3 is 2.21 bits per heavy atom. The summed E-state index contributed by atoms with van der Waals surface area (Å²) in [5, 5.41) is 25.4. The van der Waals surface area contributed by atoms with Crippen molar-refractivity contribution in [3.8, 4) is 0 Å². The Balaban J connectivity index is 1.83. The number of nitrogens with one attached hydrogen (secondary N) is 1. The fraction of sp³-hybridized carbons (Fsp3) is 0.892. The van der Waals surface area contributed by atoms with Crippen LogP contribution in [0.4, 0.5) is 0 Å². The van der Waals surface area contributed by atoms with Gasteiger partial charge in [0.15, 0.2) is 18.4 Å². The van der Waals surface area contributed by atoms with E-state index in [0.717, 1.165) is 5.57 Å². The van der Waals surface area contributed by atoms with E-state index in [1.807, 2.05) is 76.2 Å². The van der Waals surface area contributed by atoms with Crippen LogP contribution in [0.15, 0.2) is 11.3 Å². The molecule has 0 saturated carbocycles. The van der Waals surface area contributed by atoms with Crippen molar-refractivity contribution in [1.82, 2.24) is 5.32 Å². The molecule has 0 amide bonds. The molecule has 14 atom stereocenters. The van der Waals surface area contributed by atoms with Crippen LogP contribution in [0.2, 0.25) is 0 Å². The first-order valence-electron chi connectivity index (χ1n) is 18.0. The number of ether oxygens (including phenoxy) is 6. The van der Waals surface area contributed by atoms with Gasteiger partial charge in [0, 0.05) is 24.8 Å². The zero-order valence-corrected chi connectivity index (χ0v) is 31.5. The third-order valence-corrected chi connectivity index (χ3v) is 11.6. The fourth-order valence-corrected chi connectivity index (χ4v) is 8.66. The Morgan fingerprint density at radius 2 is 1.62 bits per heavy atom. The van der Waals surface area contributed by atoms with Gasteiger partial charge in [-0.1, -0.05) is 27.7 Å². The normalized spacial score (nSPS) is 45.4. The van der Waals surface area contributed by atoms with E-state index in [-0.39, 0.29) is 17.9 Å². The van der Waals surface area contributed by atoms with Gasteiger partial charge in [-0.2, -0.15) is 0 Å². The maximum absolute atomic E-state index is 14.2. The Hall–Kier alpha value is -1.60. The predicted octanol–water partition coefficient (Wildman–Crippen LogP) is 4.65. The number of carbonyl (C=O) groups excluding carboxylic acids is 2. The molecule has 0 aromatic rings. The van der Waals surface area contributed by atoms with Crippen molar-refractivity contribution in [1.29, 1.82) is 0 Å². The van der Waals surface area contributed by atoms with E-state index in [1.165, 1.54) is 0 Å². The zero-order chi connectivity index (χ0) is 36.1. The van der Waals surface area contributed by atoms with E-state index in [1.54, 1.807) is 14.0 Å². The molecule has 4 aliphatic heterocycles. The first-order valence-corrected chi connectivity index (χ1v) is 18.0. The summed E-state index contributed by atoms with van der Waals surface area (Å²) in [6.45, 7) is 22.8. The molecule has 0 aromatic carbocycles. The lowest BCUT2D eigenvalue weighted by molar-refractivity contribution is -0.308. The van der Waals surface area contributed by atoms with Gasteiger partial charge in [-0.15, -0.1) is 0 Å². The van der Waals surface area contributed by atoms with Crippen molar-refractivity contribution in [2.75, 3.05) is 7.05 Å². The van der Waals surface area contributed by atoms with E-state index in [4.69, 9.17) is 28.4 Å². The second kappa shape index (κ2) is 14.6. The molecule has 3 N–H and O–H groups in total. The van der Waals surface area contributed by atoms with Gasteiger partial charge in [-0.3, -0.25) is 9.59 Å². The van der Waals surface area contributed by atoms with Crippen molar-refractivity contribution in [3.63, 3.8) is 0 Å². The maximum Gasteiger partial charge on any atom is 0.311 e. The van der Waals surface area contributed by atoms with Gasteiger partial charge in [0.1, 0.15) is 29.7 Å². The van der Waals surface area contributed by atoms with Gasteiger partial charge in [0.2, 0.25) is 0 Å². The van der Waals surface area contributed by atoms with Crippen LogP contribution in [0.5, 0.6) is 0 Å². The molecule has 0 aliphatic carbocycles. The van der Waals surface area contributed by atoms with Gasteiger partial charge in [0.05, 0.1) is 41.7 Å². The molecule has 0 radical (unpaired) electrons. The number of hydrogen-bond donors (Lipinski definition) is 3. The largest absolute Gasteiger partial charge is 0.488 e. The van der Waals surface area contributed by atoms with Crippen LogP contribution >= 0.6 is 0 Å². The van der Waals surface area contributed by atoms with Crippen LogP contribution in [0.3, 0.4) is 0 Å². The van der Waals surface area contributed by atoms with Gasteiger partial charge in [-0.05, 0) is 86.3 Å². The number of likely N-dealkylation sites (N-methyl/N-ethyl adjacent to an activating group) is 1. The zero-order valence-electron chi connectivity index (χ0n) is 31.5. The molecule has 276 valence electrons. The van der Waals surface area contributed by atoms with Gasteiger partial charge in [0.25, 0.3) is 0 Å². The monoisotopic (exact) mass is 681 g/mol. The Kier molecular flexibility index (Phi) is 11.9. The Morgan fingerprint density at radius 1 is 0.979 bits per heavy atom. The molecule has 3 fully saturated rings. The van der Waals surface area contributed by atoms with Crippen molar-refractivity contribution in [2.24, 2.45) is 28.6 Å². The molecule has 0 unspecified atom stereocenters. The molecule has 11 nitrogen and oxygen atoms in total. The molecule has 2 bridgehead atoms. The summed E-state index contributed by atoms with van der Waals surface area (Å²) in [6, 6.07) is -0.255. The molecule has 4 rings (SSSR count). The second-order valence-corrected chi connectivity index (χ2v) is 16.5. The fourth-order valence-electron chi connectivity index (χ4n) is 8.66. The number of aliphatic hydroxyl groups is 2. The first kappa shape index (κ1) is 39.2. The quantitative estimate of drug-likeness (QED) is 0.337. The Bertz CT molecular complexity index is 1200. The second-order valence-electron chi connectivity index (χ2n) is 16.5. The smallest absolute Gasteiger partial charge is 0.311 e. The number of carbonyl (C=O) groups is 2. The number of esters is 1. The number of hydrogen-bond acceptors (Lipinski definition) is 11. The highest BCUT2D eigenvalue weighted by Gasteiger charge is 2.55. The molecule has 11 heteroatoms. The summed E-state index contributed by atoms with van der Waals surface area (Å²) >= 11 is 0. The van der Waals surface area contributed by atoms with Gasteiger partial charge in [-0.25, -0.2) is 0 Å². The summed E-state index contributed by atoms with van der Waals surface area (Å²) in [6.07, 6.45) is -4.40. The van der Waals surface area contributed by atoms with Gasteiger partial charge >= 0.3 is 5.97 Å². The molecule has 4 heterocycles. The standard InChI is InChI=1S/C37H63NO10/c1-14-25-36(10,11)30(40)20(4)28-18(2)16-37(12,48-28)32(47-34-27(39)24(38-13)15-19(3)43-34)21(5)29(22(6)33(42)45-25)46-26-17-35(8,9)31(41)23(7)44-26/h19-27,29,31-32,34,38-39,41H,14-17H2,1-13H3/t19-,20+,21+,22-,23+,24+,25-,26+,27-,29+,31+,32-,34+,37-/m1/s1. The number of rotatable bonds is 6. The third-order valence-electron chi connectivity index (χ3n) is 11.6. The predicted molar refractivity (Wildman–Crippen MR) is 180 cm³/mol. The van der Waals surface area contributed by atoms with Crippen molar-refractivity contribution in [2.45, 2.75) is 176 Å². The van der Waals surface area contributed by atoms with Crippen molar-refractivity contribution in [3.05, 3.63) is 11.3 Å². The molecular formula is C37H63NO10.